The molecule has 5 N–H and O–H groups in total. The molecule has 18 heavy (non-hydrogen) atoms. The van der Waals surface area contributed by atoms with Crippen molar-refractivity contribution in [1.82, 2.24) is 4.98 Å². The van der Waals surface area contributed by atoms with Gasteiger partial charge in [0, 0.05) is 13.1 Å². The summed E-state index contributed by atoms with van der Waals surface area (Å²) in [5.74, 6) is 1.09. The number of aliphatic hydroxyl groups excluding tert-OH is 1. The summed E-state index contributed by atoms with van der Waals surface area (Å²) < 4.78 is 5.75. The van der Waals surface area contributed by atoms with E-state index in [0.29, 0.717) is 24.6 Å². The van der Waals surface area contributed by atoms with E-state index in [9.17, 15) is 5.11 Å². The fraction of sp³-hybridized carbons (Fsp3) is 0.583. The Morgan fingerprint density at radius 3 is 2.83 bits per heavy atom. The van der Waals surface area contributed by atoms with Gasteiger partial charge in [0.25, 0.3) is 0 Å². The van der Waals surface area contributed by atoms with Gasteiger partial charge in [-0.05, 0) is 26.0 Å². The second-order valence-corrected chi connectivity index (χ2v) is 5.21. The Bertz CT molecular complexity index is 436. The zero-order valence-corrected chi connectivity index (χ0v) is 10.8. The molecule has 2 heterocycles. The number of rotatable bonds is 2. The smallest absolute Gasteiger partial charge is 0.149 e. The molecule has 2 rings (SSSR count). The fourth-order valence-corrected chi connectivity index (χ4v) is 2.22. The molecule has 0 aromatic carbocycles. The van der Waals surface area contributed by atoms with Gasteiger partial charge in [-0.3, -0.25) is 0 Å². The van der Waals surface area contributed by atoms with Gasteiger partial charge in [-0.1, -0.05) is 0 Å². The minimum Gasteiger partial charge on any atom is -0.396 e. The number of nitrogens with two attached hydrogens (primary N) is 2. The highest BCUT2D eigenvalue weighted by Gasteiger charge is 2.33. The van der Waals surface area contributed by atoms with Crippen LogP contribution in [0.15, 0.2) is 12.1 Å². The Labute approximate surface area is 107 Å². The van der Waals surface area contributed by atoms with Crippen molar-refractivity contribution >= 4 is 17.3 Å². The summed E-state index contributed by atoms with van der Waals surface area (Å²) >= 11 is 0. The highest BCUT2D eigenvalue weighted by Crippen LogP contribution is 2.26. The van der Waals surface area contributed by atoms with Crippen LogP contribution < -0.4 is 16.4 Å². The maximum atomic E-state index is 9.27. The number of hydrogen-bond donors (Lipinski definition) is 3. The molecule has 6 nitrogen and oxygen atoms in total. The molecule has 1 unspecified atom stereocenters. The third-order valence-electron chi connectivity index (χ3n) is 2.95. The minimum absolute atomic E-state index is 0.00954. The first-order chi connectivity index (χ1) is 8.41. The SMILES string of the molecule is CC1(C)CN(c2ccc(N)c(N)n2)CC(CO)O1. The van der Waals surface area contributed by atoms with Crippen LogP contribution in [0.25, 0.3) is 0 Å². The number of nitrogens with zero attached hydrogens (tertiary/aromatic N) is 2. The molecular weight excluding hydrogens is 232 g/mol. The summed E-state index contributed by atoms with van der Waals surface area (Å²) in [5.41, 5.74) is 11.5. The van der Waals surface area contributed by atoms with Crippen LogP contribution in [0.5, 0.6) is 0 Å². The Morgan fingerprint density at radius 2 is 2.22 bits per heavy atom. The van der Waals surface area contributed by atoms with Crippen LogP contribution in [0.2, 0.25) is 0 Å². The topological polar surface area (TPSA) is 97.6 Å². The first-order valence-electron chi connectivity index (χ1n) is 5.97. The third kappa shape index (κ3) is 2.65. The molecule has 0 radical (unpaired) electrons. The monoisotopic (exact) mass is 252 g/mol. The molecule has 1 aromatic rings. The van der Waals surface area contributed by atoms with Crippen molar-refractivity contribution in [3.63, 3.8) is 0 Å². The number of aromatic nitrogens is 1. The van der Waals surface area contributed by atoms with Crippen molar-refractivity contribution in [2.75, 3.05) is 36.1 Å². The second-order valence-electron chi connectivity index (χ2n) is 5.21. The van der Waals surface area contributed by atoms with Crippen molar-refractivity contribution in [2.24, 2.45) is 0 Å². The highest BCUT2D eigenvalue weighted by molar-refractivity contribution is 5.62. The molecular formula is C12H20N4O2. The van der Waals surface area contributed by atoms with Gasteiger partial charge >= 0.3 is 0 Å². The predicted octanol–water partition coefficient (Wildman–Crippen LogP) is 0.222. The van der Waals surface area contributed by atoms with Gasteiger partial charge in [0.05, 0.1) is 24.0 Å². The fourth-order valence-electron chi connectivity index (χ4n) is 2.22. The zero-order valence-electron chi connectivity index (χ0n) is 10.8. The lowest BCUT2D eigenvalue weighted by Crippen LogP contribution is -2.54. The average Bonchev–Trinajstić information content (AvgIpc) is 2.30. The van der Waals surface area contributed by atoms with E-state index in [1.165, 1.54) is 0 Å². The molecule has 1 aliphatic rings. The average molecular weight is 252 g/mol. The molecule has 1 saturated heterocycles. The quantitative estimate of drug-likeness (QED) is 0.696. The Kier molecular flexibility index (Phi) is 3.32. The van der Waals surface area contributed by atoms with Crippen LogP contribution >= 0.6 is 0 Å². The van der Waals surface area contributed by atoms with E-state index in [1.54, 1.807) is 6.07 Å². The van der Waals surface area contributed by atoms with Crippen molar-refractivity contribution in [2.45, 2.75) is 25.6 Å². The lowest BCUT2D eigenvalue weighted by Gasteiger charge is -2.42. The standard InChI is InChI=1S/C12H20N4O2/c1-12(2)7-16(5-8(6-17)18-12)10-4-3-9(13)11(14)15-10/h3-4,8,17H,5-7,13H2,1-2H3,(H2,14,15). The van der Waals surface area contributed by atoms with Crippen molar-refractivity contribution in [3.05, 3.63) is 12.1 Å². The van der Waals surface area contributed by atoms with Gasteiger partial charge < -0.3 is 26.2 Å². The van der Waals surface area contributed by atoms with Crippen LogP contribution in [-0.2, 0) is 4.74 Å². The van der Waals surface area contributed by atoms with Gasteiger partial charge in [-0.2, -0.15) is 0 Å². The van der Waals surface area contributed by atoms with E-state index in [-0.39, 0.29) is 18.3 Å². The number of aliphatic hydroxyl groups is 1. The summed E-state index contributed by atoms with van der Waals surface area (Å²) in [6.45, 7) is 5.26. The highest BCUT2D eigenvalue weighted by atomic mass is 16.5. The third-order valence-corrected chi connectivity index (χ3v) is 2.95. The molecule has 0 amide bonds. The maximum Gasteiger partial charge on any atom is 0.149 e. The Morgan fingerprint density at radius 1 is 1.50 bits per heavy atom. The van der Waals surface area contributed by atoms with Gasteiger partial charge in [0.15, 0.2) is 0 Å². The summed E-state index contributed by atoms with van der Waals surface area (Å²) in [6, 6.07) is 3.58. The lowest BCUT2D eigenvalue weighted by atomic mass is 10.1. The number of nitrogen functional groups attached to an aromatic ring is 2. The molecule has 100 valence electrons. The second kappa shape index (κ2) is 4.62. The number of ether oxygens (including phenoxy) is 1. The minimum atomic E-state index is -0.330. The largest absolute Gasteiger partial charge is 0.396 e. The number of hydrogen-bond acceptors (Lipinski definition) is 6. The van der Waals surface area contributed by atoms with E-state index in [2.05, 4.69) is 9.88 Å². The molecule has 0 spiro atoms. The van der Waals surface area contributed by atoms with E-state index in [4.69, 9.17) is 16.2 Å². The molecule has 0 aliphatic carbocycles. The van der Waals surface area contributed by atoms with E-state index < -0.39 is 0 Å². The van der Waals surface area contributed by atoms with E-state index in [0.717, 1.165) is 5.82 Å². The van der Waals surface area contributed by atoms with Crippen LogP contribution in [-0.4, -0.2) is 41.5 Å². The van der Waals surface area contributed by atoms with Crippen LogP contribution in [0.3, 0.4) is 0 Å². The van der Waals surface area contributed by atoms with Crippen LogP contribution in [0.1, 0.15) is 13.8 Å². The van der Waals surface area contributed by atoms with Gasteiger partial charge in [0.2, 0.25) is 0 Å². The molecule has 0 saturated carbocycles. The number of pyridine rings is 1. The predicted molar refractivity (Wildman–Crippen MR) is 71.3 cm³/mol. The van der Waals surface area contributed by atoms with E-state index in [1.807, 2.05) is 19.9 Å². The molecule has 0 bridgehead atoms. The van der Waals surface area contributed by atoms with Crippen molar-refractivity contribution < 1.29 is 9.84 Å². The number of morpholine rings is 1. The first kappa shape index (κ1) is 12.9. The maximum absolute atomic E-state index is 9.27. The van der Waals surface area contributed by atoms with Crippen molar-refractivity contribution in [3.8, 4) is 0 Å². The molecule has 6 heteroatoms. The van der Waals surface area contributed by atoms with Gasteiger partial charge in [-0.15, -0.1) is 0 Å². The first-order valence-corrected chi connectivity index (χ1v) is 5.97. The molecule has 1 atom stereocenters. The molecule has 1 aromatic heterocycles. The number of anilines is 3. The van der Waals surface area contributed by atoms with Gasteiger partial charge in [-0.25, -0.2) is 4.98 Å². The summed E-state index contributed by atoms with van der Waals surface area (Å²) in [4.78, 5) is 6.33. The van der Waals surface area contributed by atoms with Crippen LogP contribution in [0, 0.1) is 0 Å². The molecule has 1 aliphatic heterocycles. The van der Waals surface area contributed by atoms with Crippen molar-refractivity contribution in [1.29, 1.82) is 0 Å². The Hall–Kier alpha value is -1.53. The van der Waals surface area contributed by atoms with Gasteiger partial charge in [0.1, 0.15) is 11.6 Å². The summed E-state index contributed by atoms with van der Waals surface area (Å²) in [6.07, 6.45) is -0.214. The lowest BCUT2D eigenvalue weighted by molar-refractivity contribution is -0.101. The zero-order chi connectivity index (χ0) is 13.3. The summed E-state index contributed by atoms with van der Waals surface area (Å²) in [5, 5.41) is 9.27. The Balaban J connectivity index is 2.23. The normalized spacial score (nSPS) is 23.1. The van der Waals surface area contributed by atoms with Crippen LogP contribution in [0.4, 0.5) is 17.3 Å². The van der Waals surface area contributed by atoms with E-state index >= 15 is 0 Å². The molecule has 1 fully saturated rings. The summed E-state index contributed by atoms with van der Waals surface area (Å²) in [7, 11) is 0.